The summed E-state index contributed by atoms with van der Waals surface area (Å²) in [6.07, 6.45) is 0. The van der Waals surface area contributed by atoms with E-state index < -0.39 is 11.8 Å². The van der Waals surface area contributed by atoms with Crippen LogP contribution in [0.2, 0.25) is 5.02 Å². The quantitative estimate of drug-likeness (QED) is 0.233. The van der Waals surface area contributed by atoms with E-state index in [4.69, 9.17) is 26.7 Å². The van der Waals surface area contributed by atoms with Crippen LogP contribution in [0.15, 0.2) is 46.3 Å². The Morgan fingerprint density at radius 3 is 2.67 bits per heavy atom. The van der Waals surface area contributed by atoms with Gasteiger partial charge in [-0.1, -0.05) is 35.1 Å². The molecule has 0 radical (unpaired) electrons. The van der Waals surface area contributed by atoms with Crippen molar-refractivity contribution in [2.75, 3.05) is 31.6 Å². The van der Waals surface area contributed by atoms with Crippen molar-refractivity contribution in [2.45, 2.75) is 23.3 Å². The molecule has 39 heavy (non-hydrogen) atoms. The third-order valence-corrected chi connectivity index (χ3v) is 9.06. The molecule has 3 heterocycles. The van der Waals surface area contributed by atoms with Crippen LogP contribution in [0.5, 0.6) is 0 Å². The Morgan fingerprint density at radius 2 is 2.00 bits per heavy atom. The number of thioether (sulfide) groups is 1. The van der Waals surface area contributed by atoms with Crippen LogP contribution in [0.1, 0.15) is 40.6 Å². The molecule has 1 fully saturated rings. The van der Waals surface area contributed by atoms with Crippen LogP contribution in [0.4, 0.5) is 9.52 Å². The topological polar surface area (TPSA) is 116 Å². The molecule has 2 aromatic carbocycles. The monoisotopic (exact) mass is 586 g/mol. The van der Waals surface area contributed by atoms with Gasteiger partial charge in [0, 0.05) is 35.2 Å². The molecule has 2 aliphatic heterocycles. The lowest BCUT2D eigenvalue weighted by atomic mass is 9.98. The zero-order valence-electron chi connectivity index (χ0n) is 21.0. The van der Waals surface area contributed by atoms with E-state index in [-0.39, 0.29) is 33.7 Å². The molecule has 1 atom stereocenters. The highest BCUT2D eigenvalue weighted by atomic mass is 35.5. The van der Waals surface area contributed by atoms with Gasteiger partial charge >= 0.3 is 5.97 Å². The van der Waals surface area contributed by atoms with Gasteiger partial charge in [-0.2, -0.15) is 0 Å². The smallest absolute Gasteiger partial charge is 0.353 e. The highest BCUT2D eigenvalue weighted by molar-refractivity contribution is 8.01. The van der Waals surface area contributed by atoms with E-state index >= 15 is 0 Å². The van der Waals surface area contributed by atoms with Crippen LogP contribution in [0.3, 0.4) is 0 Å². The average Bonchev–Trinajstić information content (AvgIpc) is 3.30. The molecule has 8 nitrogen and oxygen atoms in total. The standard InChI is InChI=1S/C27H24ClFN4O4S2/c1-13(30)21(15-4-3-5-16(29)10-15)23(25(35)36)32-27-31-22-18-11-19(24(34)33-6-8-37-9-7-33)20(28)12-17(18)14(2)38-26(22)39-27/h3-5,10-12,14,30H,6-9H2,1-2H3,(H,31,32)(H,35,36)/b23-21+,30-13?. The second-order valence-electron chi connectivity index (χ2n) is 9.05. The van der Waals surface area contributed by atoms with Gasteiger partial charge in [0.1, 0.15) is 11.5 Å². The van der Waals surface area contributed by atoms with Crippen LogP contribution in [0, 0.1) is 11.2 Å². The number of benzene rings is 2. The summed E-state index contributed by atoms with van der Waals surface area (Å²) >= 11 is 9.42. The van der Waals surface area contributed by atoms with Gasteiger partial charge in [0.25, 0.3) is 5.91 Å². The SMILES string of the molecule is CC(=N)/C(=C(\Nc1nc2c(s1)SC(C)c1cc(Cl)c(C(=O)N3CCOCC3)cc1-2)C(=O)O)c1cccc(F)c1. The van der Waals surface area contributed by atoms with Crippen molar-refractivity contribution in [3.8, 4) is 11.3 Å². The Kier molecular flexibility index (Phi) is 7.77. The Balaban J connectivity index is 1.56. The van der Waals surface area contributed by atoms with Gasteiger partial charge in [-0.25, -0.2) is 14.2 Å². The molecule has 3 aromatic rings. The lowest BCUT2D eigenvalue weighted by Crippen LogP contribution is -2.40. The fourth-order valence-corrected chi connectivity index (χ4v) is 7.33. The van der Waals surface area contributed by atoms with Gasteiger partial charge in [-0.05, 0) is 49.2 Å². The number of thiazole rings is 1. The molecule has 3 N–H and O–H groups in total. The molecule has 2 aliphatic rings. The van der Waals surface area contributed by atoms with Crippen molar-refractivity contribution in [3.05, 3.63) is 69.6 Å². The normalized spacial score (nSPS) is 17.1. The van der Waals surface area contributed by atoms with E-state index in [0.29, 0.717) is 47.7 Å². The number of ether oxygens (including phenoxy) is 1. The minimum absolute atomic E-state index is 0.0204. The molecule has 5 rings (SSSR count). The van der Waals surface area contributed by atoms with Gasteiger partial charge < -0.3 is 25.5 Å². The number of carboxylic acids is 1. The summed E-state index contributed by atoms with van der Waals surface area (Å²) in [4.78, 5) is 32.0. The number of hydrogen-bond donors (Lipinski definition) is 3. The van der Waals surface area contributed by atoms with Gasteiger partial charge in [0.2, 0.25) is 0 Å². The lowest BCUT2D eigenvalue weighted by Gasteiger charge is -2.28. The molecule has 0 bridgehead atoms. The van der Waals surface area contributed by atoms with Crippen LogP contribution in [-0.4, -0.2) is 58.9 Å². The van der Waals surface area contributed by atoms with Gasteiger partial charge in [-0.15, -0.1) is 11.8 Å². The summed E-state index contributed by atoms with van der Waals surface area (Å²) in [5, 5.41) is 21.8. The van der Waals surface area contributed by atoms with E-state index in [9.17, 15) is 19.1 Å². The molecule has 1 unspecified atom stereocenters. The number of allylic oxidation sites excluding steroid dienone is 1. The molecule has 1 saturated heterocycles. The molecule has 0 spiro atoms. The maximum atomic E-state index is 13.9. The van der Waals surface area contributed by atoms with Crippen LogP contribution >= 0.6 is 34.7 Å². The minimum atomic E-state index is -1.30. The Labute approximate surface area is 237 Å². The number of carbonyl (C=O) groups is 2. The predicted molar refractivity (Wildman–Crippen MR) is 152 cm³/mol. The zero-order chi connectivity index (χ0) is 27.8. The zero-order valence-corrected chi connectivity index (χ0v) is 23.4. The summed E-state index contributed by atoms with van der Waals surface area (Å²) in [5.74, 6) is -2.02. The summed E-state index contributed by atoms with van der Waals surface area (Å²) in [6.45, 7) is 5.39. The van der Waals surface area contributed by atoms with Crippen LogP contribution in [0.25, 0.3) is 16.8 Å². The average molecular weight is 587 g/mol. The first-order chi connectivity index (χ1) is 18.6. The first-order valence-corrected chi connectivity index (χ1v) is 14.2. The van der Waals surface area contributed by atoms with E-state index in [2.05, 4.69) is 5.32 Å². The second kappa shape index (κ2) is 11.1. The van der Waals surface area contributed by atoms with Crippen molar-refractivity contribution in [2.24, 2.45) is 0 Å². The third-order valence-electron chi connectivity index (χ3n) is 6.42. The third kappa shape index (κ3) is 5.44. The van der Waals surface area contributed by atoms with E-state index in [1.54, 1.807) is 34.9 Å². The molecular weight excluding hydrogens is 563 g/mol. The Bertz CT molecular complexity index is 1530. The minimum Gasteiger partial charge on any atom is -0.477 e. The number of nitrogens with one attached hydrogen (secondary N) is 2. The fourth-order valence-electron chi connectivity index (χ4n) is 4.59. The molecule has 0 aliphatic carbocycles. The van der Waals surface area contributed by atoms with E-state index in [1.165, 1.54) is 36.5 Å². The fraction of sp³-hybridized carbons (Fsp3) is 0.259. The van der Waals surface area contributed by atoms with E-state index in [1.807, 2.05) is 6.92 Å². The highest BCUT2D eigenvalue weighted by Gasteiger charge is 2.31. The maximum absolute atomic E-state index is 13.9. The van der Waals surface area contributed by atoms with Crippen LogP contribution < -0.4 is 5.32 Å². The first kappa shape index (κ1) is 27.3. The van der Waals surface area contributed by atoms with Crippen molar-refractivity contribution >= 4 is 63.0 Å². The van der Waals surface area contributed by atoms with Crippen LogP contribution in [-0.2, 0) is 9.53 Å². The van der Waals surface area contributed by atoms with Gasteiger partial charge in [0.05, 0.1) is 33.7 Å². The Hall–Kier alpha value is -3.25. The Morgan fingerprint density at radius 1 is 1.26 bits per heavy atom. The van der Waals surface area contributed by atoms with Crippen molar-refractivity contribution in [3.63, 3.8) is 0 Å². The van der Waals surface area contributed by atoms with Gasteiger partial charge in [-0.3, -0.25) is 4.79 Å². The van der Waals surface area contributed by atoms with Crippen molar-refractivity contribution in [1.82, 2.24) is 9.88 Å². The molecule has 1 amide bonds. The number of anilines is 1. The molecule has 1 aromatic heterocycles. The van der Waals surface area contributed by atoms with Crippen molar-refractivity contribution < 1.29 is 23.8 Å². The number of carboxylic acid groups (broad SMARTS) is 1. The number of hydrogen-bond acceptors (Lipinski definition) is 8. The predicted octanol–water partition coefficient (Wildman–Crippen LogP) is 6.19. The number of fused-ring (bicyclic) bond motifs is 3. The number of morpholine rings is 1. The summed E-state index contributed by atoms with van der Waals surface area (Å²) in [6, 6.07) is 9.03. The number of nitrogens with zero attached hydrogens (tertiary/aromatic N) is 2. The van der Waals surface area contributed by atoms with Crippen molar-refractivity contribution in [1.29, 1.82) is 5.41 Å². The largest absolute Gasteiger partial charge is 0.477 e. The maximum Gasteiger partial charge on any atom is 0.353 e. The number of halogens is 2. The molecular formula is C27H24ClFN4O4S2. The molecule has 202 valence electrons. The highest BCUT2D eigenvalue weighted by Crippen LogP contribution is 2.53. The van der Waals surface area contributed by atoms with Gasteiger partial charge in [0.15, 0.2) is 5.13 Å². The number of amides is 1. The summed E-state index contributed by atoms with van der Waals surface area (Å²) in [5.41, 5.74) is 2.69. The molecule has 12 heteroatoms. The lowest BCUT2D eigenvalue weighted by molar-refractivity contribution is -0.132. The number of aliphatic carboxylic acids is 1. The second-order valence-corrected chi connectivity index (χ2v) is 12.1. The van der Waals surface area contributed by atoms with E-state index in [0.717, 1.165) is 15.3 Å². The number of carbonyl (C=O) groups excluding carboxylic acids is 1. The summed E-state index contributed by atoms with van der Waals surface area (Å²) < 4.78 is 20.2. The molecule has 0 saturated carbocycles. The first-order valence-electron chi connectivity index (χ1n) is 12.1. The number of rotatable bonds is 6. The summed E-state index contributed by atoms with van der Waals surface area (Å²) in [7, 11) is 0. The number of aromatic nitrogens is 1.